The fourth-order valence-electron chi connectivity index (χ4n) is 2.63. The van der Waals surface area contributed by atoms with E-state index in [1.54, 1.807) is 42.5 Å². The van der Waals surface area contributed by atoms with Gasteiger partial charge in [0.15, 0.2) is 5.69 Å². The van der Waals surface area contributed by atoms with Crippen LogP contribution in [0.5, 0.6) is 5.75 Å². The van der Waals surface area contributed by atoms with Gasteiger partial charge in [-0.05, 0) is 36.4 Å². The van der Waals surface area contributed by atoms with Gasteiger partial charge in [-0.3, -0.25) is 14.4 Å². The van der Waals surface area contributed by atoms with Crippen LogP contribution in [-0.4, -0.2) is 41.8 Å². The molecule has 3 rings (SSSR count). The first-order valence-electron chi connectivity index (χ1n) is 8.75. The third-order valence-corrected chi connectivity index (χ3v) is 4.53. The number of halogens is 1. The monoisotopic (exact) mass is 427 g/mol. The minimum Gasteiger partial charge on any atom is -0.495 e. The van der Waals surface area contributed by atoms with Gasteiger partial charge < -0.3 is 25.7 Å². The molecule has 0 radical (unpaired) electrons. The van der Waals surface area contributed by atoms with Crippen LogP contribution in [0.4, 0.5) is 11.4 Å². The summed E-state index contributed by atoms with van der Waals surface area (Å²) in [5.41, 5.74) is 1.27. The van der Waals surface area contributed by atoms with Gasteiger partial charge in [0, 0.05) is 18.4 Å². The molecule has 0 spiro atoms. The number of anilines is 2. The van der Waals surface area contributed by atoms with E-state index in [9.17, 15) is 14.4 Å². The van der Waals surface area contributed by atoms with Crippen molar-refractivity contribution in [3.05, 3.63) is 70.8 Å². The van der Waals surface area contributed by atoms with E-state index in [4.69, 9.17) is 16.3 Å². The molecule has 0 aliphatic heterocycles. The first kappa shape index (κ1) is 20.9. The molecule has 0 saturated heterocycles. The van der Waals surface area contributed by atoms with Gasteiger partial charge in [0.05, 0.1) is 24.0 Å². The van der Waals surface area contributed by atoms with Crippen LogP contribution in [-0.2, 0) is 0 Å². The van der Waals surface area contributed by atoms with Crippen LogP contribution in [0.15, 0.2) is 48.8 Å². The molecule has 0 aliphatic carbocycles. The van der Waals surface area contributed by atoms with Gasteiger partial charge in [-0.1, -0.05) is 17.7 Å². The minimum absolute atomic E-state index is 0.0283. The van der Waals surface area contributed by atoms with Crippen molar-refractivity contribution in [1.29, 1.82) is 0 Å². The summed E-state index contributed by atoms with van der Waals surface area (Å²) in [5, 5.41) is 8.02. The Morgan fingerprint density at radius 3 is 2.20 bits per heavy atom. The second-order valence-electron chi connectivity index (χ2n) is 6.01. The Labute approximate surface area is 176 Å². The normalized spacial score (nSPS) is 10.2. The zero-order chi connectivity index (χ0) is 21.7. The number of aromatic amines is 1. The van der Waals surface area contributed by atoms with E-state index in [1.807, 2.05) is 0 Å². The van der Waals surface area contributed by atoms with Crippen molar-refractivity contribution in [2.24, 2.45) is 0 Å². The number of nitrogens with one attached hydrogen (secondary N) is 4. The predicted octanol–water partition coefficient (Wildman–Crippen LogP) is 2.94. The summed E-state index contributed by atoms with van der Waals surface area (Å²) in [6, 6.07) is 11.4. The van der Waals surface area contributed by atoms with Crippen molar-refractivity contribution in [1.82, 2.24) is 15.3 Å². The zero-order valence-electron chi connectivity index (χ0n) is 16.1. The van der Waals surface area contributed by atoms with Crippen molar-refractivity contribution in [2.45, 2.75) is 0 Å². The number of carbonyl (C=O) groups is 3. The number of amides is 3. The molecule has 30 heavy (non-hydrogen) atoms. The van der Waals surface area contributed by atoms with Crippen LogP contribution < -0.4 is 20.7 Å². The van der Waals surface area contributed by atoms with E-state index < -0.39 is 17.7 Å². The lowest BCUT2D eigenvalue weighted by atomic mass is 10.2. The molecule has 10 heteroatoms. The zero-order valence-corrected chi connectivity index (χ0v) is 16.8. The van der Waals surface area contributed by atoms with Crippen molar-refractivity contribution >= 4 is 40.7 Å². The summed E-state index contributed by atoms with van der Waals surface area (Å²) in [4.78, 5) is 43.2. The summed E-state index contributed by atoms with van der Waals surface area (Å²) in [6.07, 6.45) is 1.27. The Morgan fingerprint density at radius 2 is 1.60 bits per heavy atom. The molecule has 4 N–H and O–H groups in total. The Morgan fingerprint density at radius 1 is 0.967 bits per heavy atom. The highest BCUT2D eigenvalue weighted by Gasteiger charge is 2.19. The molecule has 0 atom stereocenters. The number of aromatic nitrogens is 2. The molecular weight excluding hydrogens is 410 g/mol. The van der Waals surface area contributed by atoms with E-state index in [1.165, 1.54) is 20.5 Å². The predicted molar refractivity (Wildman–Crippen MR) is 112 cm³/mol. The summed E-state index contributed by atoms with van der Waals surface area (Å²) >= 11 is 6.18. The number of benzene rings is 2. The molecule has 3 amide bonds. The van der Waals surface area contributed by atoms with Crippen LogP contribution >= 0.6 is 11.6 Å². The van der Waals surface area contributed by atoms with Crippen molar-refractivity contribution in [3.63, 3.8) is 0 Å². The maximum Gasteiger partial charge on any atom is 0.276 e. The quantitative estimate of drug-likeness (QED) is 0.481. The highest BCUT2D eigenvalue weighted by molar-refractivity contribution is 6.35. The Balaban J connectivity index is 1.68. The lowest BCUT2D eigenvalue weighted by molar-refractivity contribution is 0.0943. The molecular formula is C20H18ClN5O4. The molecule has 9 nitrogen and oxygen atoms in total. The van der Waals surface area contributed by atoms with Gasteiger partial charge in [-0.15, -0.1) is 0 Å². The number of imidazole rings is 1. The van der Waals surface area contributed by atoms with Gasteiger partial charge >= 0.3 is 0 Å². The van der Waals surface area contributed by atoms with Gasteiger partial charge in [-0.25, -0.2) is 4.98 Å². The molecule has 154 valence electrons. The lowest BCUT2D eigenvalue weighted by Crippen LogP contribution is -2.23. The SMILES string of the molecule is CNC(=O)c1[nH]cnc1C(=O)Nc1ccc(NC(=O)c2cccc(OC)c2Cl)cc1. The number of H-pyrrole nitrogens is 1. The third kappa shape index (κ3) is 4.41. The van der Waals surface area contributed by atoms with Gasteiger partial charge in [-0.2, -0.15) is 0 Å². The maximum atomic E-state index is 12.5. The largest absolute Gasteiger partial charge is 0.495 e. The number of nitrogens with zero attached hydrogens (tertiary/aromatic N) is 1. The Kier molecular flexibility index (Phi) is 6.33. The van der Waals surface area contributed by atoms with E-state index in [-0.39, 0.29) is 22.0 Å². The number of carbonyl (C=O) groups excluding carboxylic acids is 3. The van der Waals surface area contributed by atoms with E-state index in [2.05, 4.69) is 25.9 Å². The van der Waals surface area contributed by atoms with E-state index in [0.29, 0.717) is 17.1 Å². The van der Waals surface area contributed by atoms with Crippen molar-refractivity contribution in [3.8, 4) is 5.75 Å². The topological polar surface area (TPSA) is 125 Å². The standard InChI is InChI=1S/C20H18ClN5O4/c1-22-19(28)16-17(24-10-23-16)20(29)26-12-8-6-11(7-9-12)25-18(27)13-4-3-5-14(30-2)15(13)21/h3-10H,1-2H3,(H,22,28)(H,23,24)(H,25,27)(H,26,29). The molecule has 3 aromatic rings. The molecule has 0 saturated carbocycles. The average Bonchev–Trinajstić information content (AvgIpc) is 3.25. The number of hydrogen-bond donors (Lipinski definition) is 4. The summed E-state index contributed by atoms with van der Waals surface area (Å²) in [6.45, 7) is 0. The van der Waals surface area contributed by atoms with Crippen LogP contribution in [0.2, 0.25) is 5.02 Å². The fraction of sp³-hybridized carbons (Fsp3) is 0.100. The first-order chi connectivity index (χ1) is 14.4. The second kappa shape index (κ2) is 9.10. The molecule has 0 unspecified atom stereocenters. The van der Waals surface area contributed by atoms with Crippen LogP contribution in [0, 0.1) is 0 Å². The molecule has 0 aliphatic rings. The van der Waals surface area contributed by atoms with Crippen LogP contribution in [0.1, 0.15) is 31.3 Å². The fourth-order valence-corrected chi connectivity index (χ4v) is 2.92. The molecule has 0 bridgehead atoms. The highest BCUT2D eigenvalue weighted by atomic mass is 35.5. The Hall–Kier alpha value is -3.85. The van der Waals surface area contributed by atoms with E-state index in [0.717, 1.165) is 0 Å². The number of methoxy groups -OCH3 is 1. The summed E-state index contributed by atoms with van der Waals surface area (Å²) in [5.74, 6) is -0.999. The van der Waals surface area contributed by atoms with Crippen molar-refractivity contribution < 1.29 is 19.1 Å². The third-order valence-electron chi connectivity index (χ3n) is 4.14. The first-order valence-corrected chi connectivity index (χ1v) is 9.13. The molecule has 2 aromatic carbocycles. The van der Waals surface area contributed by atoms with Gasteiger partial charge in [0.1, 0.15) is 11.4 Å². The molecule has 1 aromatic heterocycles. The smallest absolute Gasteiger partial charge is 0.276 e. The molecule has 1 heterocycles. The maximum absolute atomic E-state index is 12.5. The summed E-state index contributed by atoms with van der Waals surface area (Å²) in [7, 11) is 2.92. The van der Waals surface area contributed by atoms with Gasteiger partial charge in [0.2, 0.25) is 0 Å². The molecule has 0 fully saturated rings. The Bertz CT molecular complexity index is 1090. The van der Waals surface area contributed by atoms with Gasteiger partial charge in [0.25, 0.3) is 17.7 Å². The number of hydrogen-bond acceptors (Lipinski definition) is 5. The van der Waals surface area contributed by atoms with Crippen molar-refractivity contribution in [2.75, 3.05) is 24.8 Å². The van der Waals surface area contributed by atoms with Crippen LogP contribution in [0.3, 0.4) is 0 Å². The summed E-state index contributed by atoms with van der Waals surface area (Å²) < 4.78 is 5.12. The second-order valence-corrected chi connectivity index (χ2v) is 6.39. The highest BCUT2D eigenvalue weighted by Crippen LogP contribution is 2.28. The minimum atomic E-state index is -0.546. The van der Waals surface area contributed by atoms with E-state index >= 15 is 0 Å². The number of ether oxygens (including phenoxy) is 1. The van der Waals surface area contributed by atoms with Crippen LogP contribution in [0.25, 0.3) is 0 Å². The average molecular weight is 428 g/mol. The lowest BCUT2D eigenvalue weighted by Gasteiger charge is -2.10. The number of rotatable bonds is 6.